The highest BCUT2D eigenvalue weighted by molar-refractivity contribution is 5.93. The Morgan fingerprint density at radius 2 is 2.16 bits per heavy atom. The highest BCUT2D eigenvalue weighted by Gasteiger charge is 2.45. The van der Waals surface area contributed by atoms with Crippen LogP contribution < -0.4 is 4.74 Å². The van der Waals surface area contributed by atoms with Crippen molar-refractivity contribution in [1.29, 1.82) is 0 Å². The molecule has 2 nitrogen and oxygen atoms in total. The van der Waals surface area contributed by atoms with Crippen molar-refractivity contribution in [3.05, 3.63) is 41.5 Å². The van der Waals surface area contributed by atoms with Gasteiger partial charge in [0.1, 0.15) is 5.75 Å². The summed E-state index contributed by atoms with van der Waals surface area (Å²) in [6.45, 7) is 4.33. The Hall–Kier alpha value is -1.57. The summed E-state index contributed by atoms with van der Waals surface area (Å²) in [7, 11) is 1.70. The van der Waals surface area contributed by atoms with Crippen molar-refractivity contribution in [1.82, 2.24) is 0 Å². The molecule has 3 atom stereocenters. The lowest BCUT2D eigenvalue weighted by molar-refractivity contribution is -0.120. The van der Waals surface area contributed by atoms with Crippen molar-refractivity contribution >= 4 is 5.78 Å². The average molecular weight is 256 g/mol. The van der Waals surface area contributed by atoms with Gasteiger partial charge in [-0.05, 0) is 48.1 Å². The van der Waals surface area contributed by atoms with Crippen molar-refractivity contribution < 1.29 is 9.53 Å². The fraction of sp³-hybridized carbons (Fsp3) is 0.471. The molecule has 3 rings (SSSR count). The minimum Gasteiger partial charge on any atom is -0.497 e. The number of methoxy groups -OCH3 is 1. The van der Waals surface area contributed by atoms with Gasteiger partial charge in [-0.15, -0.1) is 0 Å². The van der Waals surface area contributed by atoms with Crippen molar-refractivity contribution in [3.8, 4) is 5.75 Å². The molecule has 0 aromatic heterocycles. The van der Waals surface area contributed by atoms with E-state index in [1.807, 2.05) is 6.07 Å². The lowest BCUT2D eigenvalue weighted by Crippen LogP contribution is -2.43. The summed E-state index contributed by atoms with van der Waals surface area (Å²) in [6, 6.07) is 6.35. The fourth-order valence-electron chi connectivity index (χ4n) is 3.80. The quantitative estimate of drug-likeness (QED) is 0.770. The largest absolute Gasteiger partial charge is 0.497 e. The molecule has 0 saturated heterocycles. The van der Waals surface area contributed by atoms with Gasteiger partial charge in [0.2, 0.25) is 0 Å². The predicted molar refractivity (Wildman–Crippen MR) is 75.5 cm³/mol. The van der Waals surface area contributed by atoms with Crippen LogP contribution in [0.4, 0.5) is 0 Å². The van der Waals surface area contributed by atoms with Gasteiger partial charge in [-0.3, -0.25) is 4.79 Å². The first-order valence-electron chi connectivity index (χ1n) is 6.97. The summed E-state index contributed by atoms with van der Waals surface area (Å²) in [5.41, 5.74) is 2.69. The Kier molecular flexibility index (Phi) is 2.77. The van der Waals surface area contributed by atoms with E-state index in [1.165, 1.54) is 11.1 Å². The monoisotopic (exact) mass is 256 g/mol. The summed E-state index contributed by atoms with van der Waals surface area (Å²) in [5.74, 6) is 1.70. The molecule has 0 N–H and O–H groups in total. The van der Waals surface area contributed by atoms with E-state index < -0.39 is 0 Å². The normalized spacial score (nSPS) is 32.7. The highest BCUT2D eigenvalue weighted by Crippen LogP contribution is 2.49. The first-order valence-corrected chi connectivity index (χ1v) is 6.97. The minimum absolute atomic E-state index is 0.0323. The van der Waals surface area contributed by atoms with Crippen LogP contribution in [0.2, 0.25) is 0 Å². The maximum Gasteiger partial charge on any atom is 0.158 e. The molecule has 0 fully saturated rings. The minimum atomic E-state index is -0.0323. The van der Waals surface area contributed by atoms with Crippen molar-refractivity contribution in [2.45, 2.75) is 32.1 Å². The van der Waals surface area contributed by atoms with Gasteiger partial charge in [-0.25, -0.2) is 0 Å². The Morgan fingerprint density at radius 1 is 1.37 bits per heavy atom. The summed E-state index contributed by atoms with van der Waals surface area (Å²) < 4.78 is 5.36. The lowest BCUT2D eigenvalue weighted by atomic mass is 9.57. The number of ketones is 1. The summed E-state index contributed by atoms with van der Waals surface area (Å²) >= 11 is 0. The van der Waals surface area contributed by atoms with E-state index in [-0.39, 0.29) is 17.1 Å². The topological polar surface area (TPSA) is 26.3 Å². The second kappa shape index (κ2) is 4.22. The lowest BCUT2D eigenvalue weighted by Gasteiger charge is -2.45. The zero-order valence-electron chi connectivity index (χ0n) is 11.8. The summed E-state index contributed by atoms with van der Waals surface area (Å²) in [5, 5.41) is 0. The number of ether oxygens (including phenoxy) is 1. The van der Waals surface area contributed by atoms with Gasteiger partial charge >= 0.3 is 0 Å². The fourth-order valence-corrected chi connectivity index (χ4v) is 3.80. The van der Waals surface area contributed by atoms with Gasteiger partial charge in [-0.2, -0.15) is 0 Å². The number of hydrogen-bond donors (Lipinski definition) is 0. The molecular weight excluding hydrogens is 236 g/mol. The number of hydrogen-bond acceptors (Lipinski definition) is 2. The van der Waals surface area contributed by atoms with Gasteiger partial charge in [0.15, 0.2) is 5.78 Å². The van der Waals surface area contributed by atoms with E-state index in [0.717, 1.165) is 18.6 Å². The van der Waals surface area contributed by atoms with Crippen molar-refractivity contribution in [3.63, 3.8) is 0 Å². The van der Waals surface area contributed by atoms with E-state index in [4.69, 9.17) is 4.74 Å². The number of benzene rings is 1. The molecule has 0 saturated carbocycles. The van der Waals surface area contributed by atoms with Crippen LogP contribution >= 0.6 is 0 Å². The molecular formula is C17H20O2. The number of carbonyl (C=O) groups is 1. The summed E-state index contributed by atoms with van der Waals surface area (Å²) in [6.07, 6.45) is 6.03. The molecule has 0 bridgehead atoms. The number of rotatable bonds is 1. The van der Waals surface area contributed by atoms with Gasteiger partial charge < -0.3 is 4.74 Å². The molecule has 1 aromatic rings. The Labute approximate surface area is 114 Å². The standard InChI is InChI=1S/C17H20O2/c1-11-14-7-5-12-4-6-13(19-3)10-15(12)17(14,2)9-8-16(11)18/h4,6,8-11,14H,5,7H2,1-3H3/t11-,14-,17-/m1/s1. The third kappa shape index (κ3) is 1.73. The van der Waals surface area contributed by atoms with E-state index in [2.05, 4.69) is 32.1 Å². The molecule has 0 amide bonds. The van der Waals surface area contributed by atoms with Gasteiger partial charge in [0.05, 0.1) is 7.11 Å². The van der Waals surface area contributed by atoms with Gasteiger partial charge in [0.25, 0.3) is 0 Å². The zero-order valence-corrected chi connectivity index (χ0v) is 11.8. The highest BCUT2D eigenvalue weighted by atomic mass is 16.5. The molecule has 100 valence electrons. The maximum absolute atomic E-state index is 11.9. The SMILES string of the molecule is COc1ccc2c(c1)[C@]1(C)C=CC(=O)[C@H](C)[C@H]1CC2. The second-order valence-corrected chi connectivity index (χ2v) is 5.98. The van der Waals surface area contributed by atoms with Crippen molar-refractivity contribution in [2.24, 2.45) is 11.8 Å². The third-order valence-corrected chi connectivity index (χ3v) is 5.04. The number of allylic oxidation sites excluding steroid dienone is 2. The van der Waals surface area contributed by atoms with Crippen LogP contribution in [0.25, 0.3) is 0 Å². The average Bonchev–Trinajstić information content (AvgIpc) is 2.43. The molecule has 0 heterocycles. The molecule has 1 aromatic carbocycles. The summed E-state index contributed by atoms with van der Waals surface area (Å²) in [4.78, 5) is 11.9. The molecule has 2 aliphatic carbocycles. The number of aryl methyl sites for hydroxylation is 1. The van der Waals surface area contributed by atoms with Crippen LogP contribution in [-0.4, -0.2) is 12.9 Å². The first kappa shape index (κ1) is 12.5. The van der Waals surface area contributed by atoms with E-state index in [1.54, 1.807) is 13.2 Å². The van der Waals surface area contributed by atoms with Crippen LogP contribution in [0, 0.1) is 11.8 Å². The smallest absolute Gasteiger partial charge is 0.158 e. The molecule has 0 radical (unpaired) electrons. The van der Waals surface area contributed by atoms with Crippen LogP contribution in [0.15, 0.2) is 30.4 Å². The zero-order chi connectivity index (χ0) is 13.6. The molecule has 0 spiro atoms. The van der Waals surface area contributed by atoms with E-state index in [9.17, 15) is 4.79 Å². The first-order chi connectivity index (χ1) is 9.06. The second-order valence-electron chi connectivity index (χ2n) is 5.98. The van der Waals surface area contributed by atoms with Crippen LogP contribution in [0.3, 0.4) is 0 Å². The van der Waals surface area contributed by atoms with Crippen LogP contribution in [-0.2, 0) is 16.6 Å². The molecule has 0 unspecified atom stereocenters. The van der Waals surface area contributed by atoms with E-state index in [0.29, 0.717) is 5.92 Å². The van der Waals surface area contributed by atoms with Crippen LogP contribution in [0.1, 0.15) is 31.4 Å². The molecule has 0 aliphatic heterocycles. The Balaban J connectivity index is 2.16. The van der Waals surface area contributed by atoms with E-state index >= 15 is 0 Å². The van der Waals surface area contributed by atoms with Gasteiger partial charge in [-0.1, -0.05) is 26.0 Å². The Bertz CT molecular complexity index is 558. The third-order valence-electron chi connectivity index (χ3n) is 5.04. The van der Waals surface area contributed by atoms with Crippen molar-refractivity contribution in [2.75, 3.05) is 7.11 Å². The number of carbonyl (C=O) groups excluding carboxylic acids is 1. The Morgan fingerprint density at radius 3 is 2.89 bits per heavy atom. The number of fused-ring (bicyclic) bond motifs is 3. The predicted octanol–water partition coefficient (Wildman–Crippen LogP) is 3.29. The molecule has 2 aliphatic rings. The maximum atomic E-state index is 11.9. The van der Waals surface area contributed by atoms with Gasteiger partial charge in [0, 0.05) is 11.3 Å². The molecule has 19 heavy (non-hydrogen) atoms. The molecule has 2 heteroatoms. The van der Waals surface area contributed by atoms with Crippen LogP contribution in [0.5, 0.6) is 5.75 Å².